The average Bonchev–Trinajstić information content (AvgIpc) is 2.89. The van der Waals surface area contributed by atoms with Crippen LogP contribution < -0.4 is 5.32 Å². The number of nitrogens with zero attached hydrogens (tertiary/aromatic N) is 2. The molecule has 100 valence electrons. The van der Waals surface area contributed by atoms with Gasteiger partial charge in [0.1, 0.15) is 5.76 Å². The first-order chi connectivity index (χ1) is 8.24. The first kappa shape index (κ1) is 14.8. The highest BCUT2D eigenvalue weighted by Crippen LogP contribution is 2.02. The molecule has 0 aliphatic rings. The summed E-state index contributed by atoms with van der Waals surface area (Å²) in [6, 6.07) is 5.91. The normalized spacial score (nSPS) is 10.6. The quantitative estimate of drug-likeness (QED) is 0.877. The molecule has 0 aliphatic carbocycles. The molecule has 0 radical (unpaired) electrons. The molecule has 0 bridgehead atoms. The van der Waals surface area contributed by atoms with Crippen molar-refractivity contribution < 1.29 is 4.42 Å². The van der Waals surface area contributed by atoms with Crippen LogP contribution in [0.15, 0.2) is 35.1 Å². The molecule has 0 aliphatic heterocycles. The first-order valence-electron chi connectivity index (χ1n) is 5.99. The van der Waals surface area contributed by atoms with Gasteiger partial charge in [0.25, 0.3) is 0 Å². The van der Waals surface area contributed by atoms with Crippen LogP contribution in [0.2, 0.25) is 0 Å². The molecule has 2 aromatic heterocycles. The van der Waals surface area contributed by atoms with Crippen molar-refractivity contribution in [3.63, 3.8) is 0 Å². The lowest BCUT2D eigenvalue weighted by molar-refractivity contribution is 0.469. The third-order valence-electron chi connectivity index (χ3n) is 2.43. The molecule has 0 aromatic carbocycles. The summed E-state index contributed by atoms with van der Waals surface area (Å²) >= 11 is 0. The molecule has 2 rings (SSSR count). The van der Waals surface area contributed by atoms with E-state index in [0.29, 0.717) is 5.92 Å². The number of furan rings is 1. The molecule has 2 heterocycles. The molecule has 0 unspecified atom stereocenters. The van der Waals surface area contributed by atoms with Crippen LogP contribution in [-0.4, -0.2) is 9.78 Å². The van der Waals surface area contributed by atoms with Gasteiger partial charge in [0.15, 0.2) is 0 Å². The summed E-state index contributed by atoms with van der Waals surface area (Å²) in [4.78, 5) is 0. The highest BCUT2D eigenvalue weighted by atomic mass is 35.5. The van der Waals surface area contributed by atoms with Crippen molar-refractivity contribution in [2.75, 3.05) is 0 Å². The minimum Gasteiger partial charge on any atom is -0.468 e. The van der Waals surface area contributed by atoms with Crippen molar-refractivity contribution in [1.82, 2.24) is 15.1 Å². The number of hydrogen-bond acceptors (Lipinski definition) is 3. The Morgan fingerprint density at radius 1 is 1.33 bits per heavy atom. The Balaban J connectivity index is 0.00000162. The third-order valence-corrected chi connectivity index (χ3v) is 2.43. The molecule has 4 nitrogen and oxygen atoms in total. The second kappa shape index (κ2) is 7.24. The van der Waals surface area contributed by atoms with E-state index < -0.39 is 0 Å². The van der Waals surface area contributed by atoms with Crippen LogP contribution in [-0.2, 0) is 19.6 Å². The van der Waals surface area contributed by atoms with E-state index in [1.165, 1.54) is 0 Å². The van der Waals surface area contributed by atoms with E-state index in [-0.39, 0.29) is 12.4 Å². The summed E-state index contributed by atoms with van der Waals surface area (Å²) in [5, 5.41) is 7.79. The Bertz CT molecular complexity index is 437. The molecular weight excluding hydrogens is 250 g/mol. The fourth-order valence-electron chi connectivity index (χ4n) is 1.70. The lowest BCUT2D eigenvalue weighted by atomic mass is 10.2. The number of nitrogens with one attached hydrogen (secondary N) is 1. The summed E-state index contributed by atoms with van der Waals surface area (Å²) in [6.45, 7) is 6.86. The van der Waals surface area contributed by atoms with Crippen molar-refractivity contribution in [1.29, 1.82) is 0 Å². The van der Waals surface area contributed by atoms with Crippen molar-refractivity contribution >= 4 is 12.4 Å². The van der Waals surface area contributed by atoms with Crippen LogP contribution >= 0.6 is 12.4 Å². The van der Waals surface area contributed by atoms with Gasteiger partial charge in [-0.25, -0.2) is 0 Å². The highest BCUT2D eigenvalue weighted by molar-refractivity contribution is 5.85. The summed E-state index contributed by atoms with van der Waals surface area (Å²) < 4.78 is 7.24. The lowest BCUT2D eigenvalue weighted by Crippen LogP contribution is -2.13. The van der Waals surface area contributed by atoms with E-state index in [4.69, 9.17) is 4.42 Å². The van der Waals surface area contributed by atoms with Crippen molar-refractivity contribution in [3.8, 4) is 0 Å². The second-order valence-corrected chi connectivity index (χ2v) is 4.61. The number of halogens is 1. The molecule has 5 heteroatoms. The van der Waals surface area contributed by atoms with E-state index in [1.54, 1.807) is 6.26 Å². The molecule has 18 heavy (non-hydrogen) atoms. The van der Waals surface area contributed by atoms with E-state index in [9.17, 15) is 0 Å². The van der Waals surface area contributed by atoms with Gasteiger partial charge in [0.2, 0.25) is 0 Å². The second-order valence-electron chi connectivity index (χ2n) is 4.61. The largest absolute Gasteiger partial charge is 0.468 e. The van der Waals surface area contributed by atoms with Crippen LogP contribution in [0.25, 0.3) is 0 Å². The fourth-order valence-corrected chi connectivity index (χ4v) is 1.70. The van der Waals surface area contributed by atoms with Gasteiger partial charge in [-0.3, -0.25) is 4.68 Å². The first-order valence-corrected chi connectivity index (χ1v) is 5.99. The van der Waals surface area contributed by atoms with Crippen LogP contribution in [0, 0.1) is 5.92 Å². The zero-order valence-corrected chi connectivity index (χ0v) is 11.6. The smallest absolute Gasteiger partial charge is 0.117 e. The highest BCUT2D eigenvalue weighted by Gasteiger charge is 2.01. The minimum absolute atomic E-state index is 0. The average molecular weight is 270 g/mol. The maximum absolute atomic E-state index is 5.24. The van der Waals surface area contributed by atoms with Crippen molar-refractivity contribution in [2.24, 2.45) is 5.92 Å². The Kier molecular flexibility index (Phi) is 5.95. The van der Waals surface area contributed by atoms with Gasteiger partial charge in [0, 0.05) is 19.3 Å². The van der Waals surface area contributed by atoms with E-state index in [1.807, 2.05) is 23.0 Å². The zero-order chi connectivity index (χ0) is 12.1. The summed E-state index contributed by atoms with van der Waals surface area (Å²) in [6.07, 6.45) is 3.72. The molecule has 0 amide bonds. The molecule has 0 saturated heterocycles. The number of hydrogen-bond donors (Lipinski definition) is 1. The number of rotatable bonds is 6. The van der Waals surface area contributed by atoms with Crippen LogP contribution in [0.4, 0.5) is 0 Å². The Labute approximate surface area is 114 Å². The molecule has 0 saturated carbocycles. The predicted octanol–water partition coefficient (Wildman–Crippen LogP) is 2.84. The summed E-state index contributed by atoms with van der Waals surface area (Å²) in [5.41, 5.74) is 1.07. The van der Waals surface area contributed by atoms with Gasteiger partial charge in [0.05, 0.1) is 18.5 Å². The Morgan fingerprint density at radius 2 is 2.17 bits per heavy atom. The molecule has 0 atom stereocenters. The van der Waals surface area contributed by atoms with Gasteiger partial charge < -0.3 is 9.73 Å². The summed E-state index contributed by atoms with van der Waals surface area (Å²) in [7, 11) is 0. The predicted molar refractivity (Wildman–Crippen MR) is 73.6 cm³/mol. The summed E-state index contributed by atoms with van der Waals surface area (Å²) in [5.74, 6) is 1.57. The molecule has 1 N–H and O–H groups in total. The SMILES string of the molecule is CC(C)Cn1ccc(CNCc2ccco2)n1.Cl. The van der Waals surface area contributed by atoms with Gasteiger partial charge in [-0.15, -0.1) is 12.4 Å². The Morgan fingerprint density at radius 3 is 2.83 bits per heavy atom. The standard InChI is InChI=1S/C13H19N3O.ClH/c1-11(2)10-16-6-5-12(15-16)8-14-9-13-4-3-7-17-13;/h3-7,11,14H,8-10H2,1-2H3;1H. The Hall–Kier alpha value is -1.26. The van der Waals surface area contributed by atoms with E-state index in [0.717, 1.165) is 31.1 Å². The van der Waals surface area contributed by atoms with Crippen molar-refractivity contribution in [3.05, 3.63) is 42.1 Å². The monoisotopic (exact) mass is 269 g/mol. The van der Waals surface area contributed by atoms with Gasteiger partial charge in [-0.2, -0.15) is 5.10 Å². The van der Waals surface area contributed by atoms with E-state index >= 15 is 0 Å². The van der Waals surface area contributed by atoms with Gasteiger partial charge in [-0.05, 0) is 24.1 Å². The molecular formula is C13H20ClN3O. The number of aromatic nitrogens is 2. The molecule has 0 spiro atoms. The maximum atomic E-state index is 5.24. The van der Waals surface area contributed by atoms with Crippen molar-refractivity contribution in [2.45, 2.75) is 33.5 Å². The molecule has 0 fully saturated rings. The third kappa shape index (κ3) is 4.55. The zero-order valence-electron chi connectivity index (χ0n) is 10.8. The van der Waals surface area contributed by atoms with E-state index in [2.05, 4.69) is 30.3 Å². The molecule has 2 aromatic rings. The topological polar surface area (TPSA) is 43.0 Å². The maximum Gasteiger partial charge on any atom is 0.117 e. The van der Waals surface area contributed by atoms with Crippen LogP contribution in [0.1, 0.15) is 25.3 Å². The fraction of sp³-hybridized carbons (Fsp3) is 0.462. The van der Waals surface area contributed by atoms with Gasteiger partial charge in [-0.1, -0.05) is 13.8 Å². The lowest BCUT2D eigenvalue weighted by Gasteiger charge is -2.04. The van der Waals surface area contributed by atoms with Crippen LogP contribution in [0.3, 0.4) is 0 Å². The minimum atomic E-state index is 0. The van der Waals surface area contributed by atoms with Gasteiger partial charge >= 0.3 is 0 Å². The van der Waals surface area contributed by atoms with Crippen LogP contribution in [0.5, 0.6) is 0 Å².